The number of aliphatic hydroxyl groups is 1. The van der Waals surface area contributed by atoms with Gasteiger partial charge in [-0.25, -0.2) is 0 Å². The number of β-amino-alcohol motifs (C(OH)–C–C–N with tert-alkyl or cyclic N) is 1. The maximum Gasteiger partial charge on any atom is 0.144 e. The van der Waals surface area contributed by atoms with E-state index in [4.69, 9.17) is 4.84 Å². The summed E-state index contributed by atoms with van der Waals surface area (Å²) in [5.41, 5.74) is 3.81. The van der Waals surface area contributed by atoms with Crippen molar-refractivity contribution in [2.24, 2.45) is 5.16 Å². The molecule has 0 radical (unpaired) electrons. The van der Waals surface area contributed by atoms with E-state index in [9.17, 15) is 5.11 Å². The van der Waals surface area contributed by atoms with Gasteiger partial charge in [-0.1, -0.05) is 51.4 Å². The van der Waals surface area contributed by atoms with Crippen molar-refractivity contribution < 1.29 is 9.94 Å². The van der Waals surface area contributed by atoms with E-state index in [1.807, 2.05) is 42.5 Å². The van der Waals surface area contributed by atoms with Crippen LogP contribution in [0.1, 0.15) is 11.1 Å². The molecule has 32 heavy (non-hydrogen) atoms. The average molecular weight is 495 g/mol. The van der Waals surface area contributed by atoms with E-state index in [2.05, 4.69) is 60.1 Å². The molecule has 0 amide bonds. The normalized spacial score (nSPS) is 16.1. The maximum absolute atomic E-state index is 10.5. The van der Waals surface area contributed by atoms with E-state index in [1.165, 1.54) is 5.69 Å². The first kappa shape index (κ1) is 22.5. The lowest BCUT2D eigenvalue weighted by atomic mass is 10.0. The fourth-order valence-corrected chi connectivity index (χ4v) is 4.02. The molecule has 166 valence electrons. The first-order chi connectivity index (χ1) is 15.7. The average Bonchev–Trinajstić information content (AvgIpc) is 2.84. The van der Waals surface area contributed by atoms with Crippen molar-refractivity contribution in [1.29, 1.82) is 0 Å². The molecule has 1 aromatic heterocycles. The Morgan fingerprint density at radius 3 is 2.28 bits per heavy atom. The number of halogens is 1. The minimum Gasteiger partial charge on any atom is -0.392 e. The molecule has 0 bridgehead atoms. The SMILES string of the molecule is O[C@H](CO/N=C(\c1ccncc1)c1ccc(Br)cc1)CN1CCN(c2ccccc2)CC1. The molecule has 1 fully saturated rings. The third kappa shape index (κ3) is 6.16. The zero-order chi connectivity index (χ0) is 22.2. The summed E-state index contributed by atoms with van der Waals surface area (Å²) in [7, 11) is 0. The Balaban J connectivity index is 1.31. The number of hydrogen-bond donors (Lipinski definition) is 1. The lowest BCUT2D eigenvalue weighted by molar-refractivity contribution is 0.0182. The molecule has 2 aromatic carbocycles. The fourth-order valence-electron chi connectivity index (χ4n) is 3.76. The summed E-state index contributed by atoms with van der Waals surface area (Å²) < 4.78 is 0.999. The number of hydrogen-bond acceptors (Lipinski definition) is 6. The summed E-state index contributed by atoms with van der Waals surface area (Å²) in [6.07, 6.45) is 2.85. The topological polar surface area (TPSA) is 61.2 Å². The Bertz CT molecular complexity index is 991. The summed E-state index contributed by atoms with van der Waals surface area (Å²) in [4.78, 5) is 14.3. The summed E-state index contributed by atoms with van der Waals surface area (Å²) in [5.74, 6) is 0. The molecule has 3 aromatic rings. The highest BCUT2D eigenvalue weighted by atomic mass is 79.9. The van der Waals surface area contributed by atoms with Crippen molar-refractivity contribution in [3.05, 3.63) is 94.7 Å². The second kappa shape index (κ2) is 11.2. The number of pyridine rings is 1. The number of piperazine rings is 1. The summed E-state index contributed by atoms with van der Waals surface area (Å²) in [6, 6.07) is 22.1. The van der Waals surface area contributed by atoms with Gasteiger partial charge in [0.05, 0.1) is 0 Å². The van der Waals surface area contributed by atoms with Gasteiger partial charge in [0.25, 0.3) is 0 Å². The molecule has 1 atom stereocenters. The van der Waals surface area contributed by atoms with Gasteiger partial charge in [0, 0.05) is 66.4 Å². The molecule has 1 aliphatic heterocycles. The van der Waals surface area contributed by atoms with Crippen molar-refractivity contribution in [2.45, 2.75) is 6.10 Å². The van der Waals surface area contributed by atoms with Gasteiger partial charge in [0.1, 0.15) is 18.4 Å². The van der Waals surface area contributed by atoms with Crippen molar-refractivity contribution in [3.8, 4) is 0 Å². The zero-order valence-electron chi connectivity index (χ0n) is 17.8. The molecule has 1 saturated heterocycles. The van der Waals surface area contributed by atoms with Gasteiger partial charge in [-0.15, -0.1) is 0 Å². The molecule has 2 heterocycles. The van der Waals surface area contributed by atoms with Crippen molar-refractivity contribution in [3.63, 3.8) is 0 Å². The Kier molecular flexibility index (Phi) is 7.87. The van der Waals surface area contributed by atoms with Crippen LogP contribution in [-0.2, 0) is 4.84 Å². The van der Waals surface area contributed by atoms with Crippen LogP contribution in [0.25, 0.3) is 0 Å². The van der Waals surface area contributed by atoms with Crippen LogP contribution in [0.5, 0.6) is 0 Å². The molecular formula is C25H27BrN4O2. The lowest BCUT2D eigenvalue weighted by Gasteiger charge is -2.36. The number of rotatable bonds is 8. The number of anilines is 1. The fraction of sp³-hybridized carbons (Fsp3) is 0.280. The maximum atomic E-state index is 10.5. The first-order valence-electron chi connectivity index (χ1n) is 10.8. The minimum absolute atomic E-state index is 0.143. The lowest BCUT2D eigenvalue weighted by Crippen LogP contribution is -2.49. The Hall–Kier alpha value is -2.74. The molecule has 6 nitrogen and oxygen atoms in total. The van der Waals surface area contributed by atoms with Crippen molar-refractivity contribution in [1.82, 2.24) is 9.88 Å². The molecule has 7 heteroatoms. The molecular weight excluding hydrogens is 468 g/mol. The molecule has 4 rings (SSSR count). The van der Waals surface area contributed by atoms with Gasteiger partial charge in [-0.2, -0.15) is 0 Å². The van der Waals surface area contributed by atoms with E-state index in [0.717, 1.165) is 41.8 Å². The highest BCUT2D eigenvalue weighted by Crippen LogP contribution is 2.17. The summed E-state index contributed by atoms with van der Waals surface area (Å²) >= 11 is 3.46. The van der Waals surface area contributed by atoms with E-state index < -0.39 is 6.10 Å². The van der Waals surface area contributed by atoms with Crippen molar-refractivity contribution in [2.75, 3.05) is 44.2 Å². The minimum atomic E-state index is -0.606. The first-order valence-corrected chi connectivity index (χ1v) is 11.5. The number of nitrogens with zero attached hydrogens (tertiary/aromatic N) is 4. The van der Waals surface area contributed by atoms with Gasteiger partial charge in [0.15, 0.2) is 0 Å². The van der Waals surface area contributed by atoms with Crippen LogP contribution in [0, 0.1) is 0 Å². The molecule has 1 N–H and O–H groups in total. The largest absolute Gasteiger partial charge is 0.392 e. The molecule has 0 spiro atoms. The van der Waals surface area contributed by atoms with Gasteiger partial charge >= 0.3 is 0 Å². The number of benzene rings is 2. The van der Waals surface area contributed by atoms with Crippen LogP contribution in [0.3, 0.4) is 0 Å². The number of oxime groups is 1. The quantitative estimate of drug-likeness (QED) is 0.381. The molecule has 1 aliphatic rings. The highest BCUT2D eigenvalue weighted by Gasteiger charge is 2.20. The second-order valence-electron chi connectivity index (χ2n) is 7.76. The third-order valence-electron chi connectivity index (χ3n) is 5.46. The van der Waals surface area contributed by atoms with Gasteiger partial charge in [-0.05, 0) is 36.4 Å². The third-order valence-corrected chi connectivity index (χ3v) is 5.99. The van der Waals surface area contributed by atoms with E-state index in [-0.39, 0.29) is 6.61 Å². The van der Waals surface area contributed by atoms with Gasteiger partial charge < -0.3 is 14.8 Å². The number of para-hydroxylation sites is 1. The smallest absolute Gasteiger partial charge is 0.144 e. The second-order valence-corrected chi connectivity index (χ2v) is 8.67. The Labute approximate surface area is 197 Å². The van der Waals surface area contributed by atoms with Crippen LogP contribution in [0.4, 0.5) is 5.69 Å². The predicted octanol–water partition coefficient (Wildman–Crippen LogP) is 3.80. The highest BCUT2D eigenvalue weighted by molar-refractivity contribution is 9.10. The zero-order valence-corrected chi connectivity index (χ0v) is 19.4. The van der Waals surface area contributed by atoms with Crippen LogP contribution in [0.2, 0.25) is 0 Å². The number of aromatic nitrogens is 1. The molecule has 0 unspecified atom stereocenters. The van der Waals surface area contributed by atoms with Gasteiger partial charge in [0.2, 0.25) is 0 Å². The Morgan fingerprint density at radius 1 is 0.938 bits per heavy atom. The monoisotopic (exact) mass is 494 g/mol. The number of aliphatic hydroxyl groups excluding tert-OH is 1. The summed E-state index contributed by atoms with van der Waals surface area (Å²) in [5, 5.41) is 14.9. The van der Waals surface area contributed by atoms with Crippen LogP contribution in [0.15, 0.2) is 88.8 Å². The summed E-state index contributed by atoms with van der Waals surface area (Å²) in [6.45, 7) is 4.44. The standard InChI is InChI=1S/C25H27BrN4O2/c26-22-8-6-20(7-9-22)25(21-10-12-27-13-11-21)28-32-19-24(31)18-29-14-16-30(17-15-29)23-4-2-1-3-5-23/h1-13,24,31H,14-19H2/b28-25-/t24-/m0/s1. The van der Waals surface area contributed by atoms with Crippen LogP contribution >= 0.6 is 15.9 Å². The van der Waals surface area contributed by atoms with Crippen LogP contribution < -0.4 is 4.90 Å². The molecule has 0 saturated carbocycles. The van der Waals surface area contributed by atoms with Gasteiger partial charge in [-0.3, -0.25) is 9.88 Å². The molecule has 0 aliphatic carbocycles. The van der Waals surface area contributed by atoms with E-state index in [1.54, 1.807) is 12.4 Å². The predicted molar refractivity (Wildman–Crippen MR) is 131 cm³/mol. The van der Waals surface area contributed by atoms with Crippen LogP contribution in [-0.4, -0.2) is 66.1 Å². The van der Waals surface area contributed by atoms with Crippen molar-refractivity contribution >= 4 is 27.3 Å². The van der Waals surface area contributed by atoms with E-state index >= 15 is 0 Å². The Morgan fingerprint density at radius 2 is 1.59 bits per heavy atom. The van der Waals surface area contributed by atoms with E-state index in [0.29, 0.717) is 12.3 Å².